The number of aromatic nitrogens is 5. The average molecular weight is 565 g/mol. The van der Waals surface area contributed by atoms with E-state index in [2.05, 4.69) is 41.4 Å². The van der Waals surface area contributed by atoms with E-state index < -0.39 is 11.9 Å². The third kappa shape index (κ3) is 6.96. The molecule has 41 heavy (non-hydrogen) atoms. The van der Waals surface area contributed by atoms with Crippen LogP contribution >= 0.6 is 0 Å². The molecule has 0 atom stereocenters. The lowest BCUT2D eigenvalue weighted by atomic mass is 9.94. The van der Waals surface area contributed by atoms with Crippen LogP contribution in [0.1, 0.15) is 70.0 Å². The molecule has 0 fully saturated rings. The smallest absolute Gasteiger partial charge is 0.366 e. The van der Waals surface area contributed by atoms with Gasteiger partial charge < -0.3 is 9.88 Å². The molecule has 0 saturated heterocycles. The van der Waals surface area contributed by atoms with E-state index in [0.717, 1.165) is 38.6 Å². The van der Waals surface area contributed by atoms with Crippen molar-refractivity contribution >= 4 is 16.9 Å². The summed E-state index contributed by atoms with van der Waals surface area (Å²) in [5.41, 5.74) is 5.61. The van der Waals surface area contributed by atoms with Crippen molar-refractivity contribution in [2.75, 3.05) is 5.32 Å². The van der Waals surface area contributed by atoms with Crippen LogP contribution in [0.5, 0.6) is 0 Å². The maximum absolute atomic E-state index is 13.4. The number of rotatable bonds is 6. The highest BCUT2D eigenvalue weighted by Gasteiger charge is 2.35. The molecule has 0 bridgehead atoms. The maximum Gasteiger partial charge on any atom is 0.433 e. The number of halogens is 3. The van der Waals surface area contributed by atoms with Crippen LogP contribution in [0.25, 0.3) is 28.0 Å². The third-order valence-corrected chi connectivity index (χ3v) is 6.33. The molecule has 0 amide bonds. The zero-order chi connectivity index (χ0) is 30.3. The first-order valence-electron chi connectivity index (χ1n) is 14.0. The summed E-state index contributed by atoms with van der Waals surface area (Å²) in [4.78, 5) is 9.53. The number of nitrogens with one attached hydrogen (secondary N) is 1. The summed E-state index contributed by atoms with van der Waals surface area (Å²) in [6, 6.07) is 18.1. The zero-order valence-electron chi connectivity index (χ0n) is 25.0. The molecule has 9 heteroatoms. The number of anilines is 1. The Balaban J connectivity index is 0.00000111. The Morgan fingerprint density at radius 3 is 2.22 bits per heavy atom. The minimum atomic E-state index is -4.48. The molecule has 6 nitrogen and oxygen atoms in total. The summed E-state index contributed by atoms with van der Waals surface area (Å²) in [7, 11) is 1.95. The van der Waals surface area contributed by atoms with Crippen molar-refractivity contribution in [2.24, 2.45) is 7.05 Å². The first-order valence-corrected chi connectivity index (χ1v) is 14.0. The molecule has 3 heterocycles. The number of hydrogen-bond acceptors (Lipinski definition) is 4. The van der Waals surface area contributed by atoms with Crippen LogP contribution in [0.4, 0.5) is 19.0 Å². The van der Waals surface area contributed by atoms with Gasteiger partial charge in [0.2, 0.25) is 0 Å². The molecular weight excluding hydrogens is 525 g/mol. The van der Waals surface area contributed by atoms with Crippen LogP contribution in [-0.4, -0.2) is 24.3 Å². The minimum absolute atomic E-state index is 0.310. The van der Waals surface area contributed by atoms with Crippen molar-refractivity contribution in [1.82, 2.24) is 24.3 Å². The Bertz CT molecular complexity index is 1560. The van der Waals surface area contributed by atoms with Crippen molar-refractivity contribution in [3.63, 3.8) is 0 Å². The van der Waals surface area contributed by atoms with E-state index in [1.54, 1.807) is 37.5 Å². The molecule has 3 aromatic heterocycles. The Labute approximate surface area is 240 Å². The van der Waals surface area contributed by atoms with Gasteiger partial charge in [-0.2, -0.15) is 18.3 Å². The Hall–Kier alpha value is -4.14. The fourth-order valence-corrected chi connectivity index (χ4v) is 4.47. The lowest BCUT2D eigenvalue weighted by Gasteiger charge is -2.15. The topological polar surface area (TPSA) is 60.6 Å². The SMILES string of the molecule is CC.CC.Cc1cc(C(F)(F)F)n(-c2ccc(CNc3cc4c(ncn4C)c(-c4ccccc4C(C)C)n3)cc2)n1. The van der Waals surface area contributed by atoms with E-state index in [4.69, 9.17) is 4.98 Å². The highest BCUT2D eigenvalue weighted by Crippen LogP contribution is 2.34. The van der Waals surface area contributed by atoms with Gasteiger partial charge in [0.15, 0.2) is 0 Å². The summed E-state index contributed by atoms with van der Waals surface area (Å²) in [6.45, 7) is 14.3. The Morgan fingerprint density at radius 1 is 0.927 bits per heavy atom. The third-order valence-electron chi connectivity index (χ3n) is 6.33. The van der Waals surface area contributed by atoms with Crippen LogP contribution in [-0.2, 0) is 19.8 Å². The van der Waals surface area contributed by atoms with Crippen LogP contribution in [0.2, 0.25) is 0 Å². The van der Waals surface area contributed by atoms with Gasteiger partial charge in [0.05, 0.1) is 23.2 Å². The Morgan fingerprint density at radius 2 is 1.59 bits per heavy atom. The van der Waals surface area contributed by atoms with Gasteiger partial charge in [-0.25, -0.2) is 14.6 Å². The van der Waals surface area contributed by atoms with Crippen molar-refractivity contribution in [2.45, 2.75) is 67.1 Å². The van der Waals surface area contributed by atoms with Crippen LogP contribution < -0.4 is 5.32 Å². The van der Waals surface area contributed by atoms with Gasteiger partial charge in [-0.15, -0.1) is 0 Å². The lowest BCUT2D eigenvalue weighted by Crippen LogP contribution is -2.13. The Kier molecular flexibility index (Phi) is 10.3. The first kappa shape index (κ1) is 31.4. The van der Waals surface area contributed by atoms with E-state index >= 15 is 0 Å². The van der Waals surface area contributed by atoms with Gasteiger partial charge in [-0.05, 0) is 42.2 Å². The number of aryl methyl sites for hydroxylation is 2. The number of hydrogen-bond donors (Lipinski definition) is 1. The van der Waals surface area contributed by atoms with Crippen LogP contribution in [0, 0.1) is 6.92 Å². The number of imidazole rings is 1. The van der Waals surface area contributed by atoms with E-state index in [1.807, 2.05) is 57.5 Å². The molecular formula is C32H39F3N6. The van der Waals surface area contributed by atoms with Gasteiger partial charge >= 0.3 is 6.18 Å². The molecule has 0 saturated carbocycles. The van der Waals surface area contributed by atoms with Gasteiger partial charge in [-0.1, -0.05) is 77.9 Å². The number of benzene rings is 2. The maximum atomic E-state index is 13.4. The predicted molar refractivity (Wildman–Crippen MR) is 161 cm³/mol. The fourth-order valence-electron chi connectivity index (χ4n) is 4.47. The molecule has 5 rings (SSSR count). The van der Waals surface area contributed by atoms with Crippen LogP contribution in [0.15, 0.2) is 67.0 Å². The van der Waals surface area contributed by atoms with Crippen molar-refractivity contribution in [1.29, 1.82) is 0 Å². The second-order valence-electron chi connectivity index (χ2n) is 9.42. The van der Waals surface area contributed by atoms with Gasteiger partial charge in [0.1, 0.15) is 22.7 Å². The fraction of sp³-hybridized carbons (Fsp3) is 0.344. The number of fused-ring (bicyclic) bond motifs is 1. The van der Waals surface area contributed by atoms with Crippen molar-refractivity contribution < 1.29 is 13.2 Å². The first-order chi connectivity index (χ1) is 19.6. The summed E-state index contributed by atoms with van der Waals surface area (Å²) in [5, 5.41) is 7.40. The standard InChI is InChI=1S/C28H27F3N6.2C2H6/c1-17(2)21-7-5-6-8-22(21)26-27-23(36(4)16-33-27)14-25(34-26)32-15-19-9-11-20(12-10-19)37-24(28(29,30)31)13-18(3)35-37;2*1-2/h5-14,16-17H,15H2,1-4H3,(H,32,34);2*1-2H3. The molecule has 5 aromatic rings. The summed E-state index contributed by atoms with van der Waals surface area (Å²) in [5.74, 6) is 1.01. The molecule has 0 radical (unpaired) electrons. The second-order valence-corrected chi connectivity index (χ2v) is 9.42. The van der Waals surface area contributed by atoms with Crippen LogP contribution in [0.3, 0.4) is 0 Å². The van der Waals surface area contributed by atoms with Gasteiger partial charge in [-0.3, -0.25) is 0 Å². The normalized spacial score (nSPS) is 11.1. The lowest BCUT2D eigenvalue weighted by molar-refractivity contribution is -0.142. The molecule has 0 spiro atoms. The molecule has 2 aromatic carbocycles. The zero-order valence-corrected chi connectivity index (χ0v) is 25.0. The quantitative estimate of drug-likeness (QED) is 0.224. The number of alkyl halides is 3. The summed E-state index contributed by atoms with van der Waals surface area (Å²) in [6.07, 6.45) is -2.70. The van der Waals surface area contributed by atoms with Crippen molar-refractivity contribution in [3.05, 3.63) is 89.5 Å². The van der Waals surface area contributed by atoms with E-state index in [0.29, 0.717) is 29.7 Å². The monoisotopic (exact) mass is 564 g/mol. The number of nitrogens with zero attached hydrogens (tertiary/aromatic N) is 5. The summed E-state index contributed by atoms with van der Waals surface area (Å²) >= 11 is 0. The highest BCUT2D eigenvalue weighted by molar-refractivity contribution is 5.92. The van der Waals surface area contributed by atoms with Gasteiger partial charge in [0.25, 0.3) is 0 Å². The van der Waals surface area contributed by atoms with Crippen molar-refractivity contribution in [3.8, 4) is 16.9 Å². The predicted octanol–water partition coefficient (Wildman–Crippen LogP) is 8.94. The molecule has 0 aliphatic heterocycles. The highest BCUT2D eigenvalue weighted by atomic mass is 19.4. The van der Waals surface area contributed by atoms with E-state index in [9.17, 15) is 13.2 Å². The minimum Gasteiger partial charge on any atom is -0.366 e. The molecule has 0 aliphatic rings. The average Bonchev–Trinajstić information content (AvgIpc) is 3.56. The van der Waals surface area contributed by atoms with E-state index in [1.165, 1.54) is 5.56 Å². The summed E-state index contributed by atoms with van der Waals surface area (Å²) < 4.78 is 43.1. The molecule has 1 N–H and O–H groups in total. The van der Waals surface area contributed by atoms with E-state index in [-0.39, 0.29) is 0 Å². The van der Waals surface area contributed by atoms with Gasteiger partial charge in [0, 0.05) is 25.2 Å². The molecule has 0 aliphatic carbocycles. The molecule has 0 unspecified atom stereocenters. The molecule has 218 valence electrons. The number of pyridine rings is 1. The largest absolute Gasteiger partial charge is 0.433 e. The second kappa shape index (κ2) is 13.5.